The zero-order valence-corrected chi connectivity index (χ0v) is 19.3. The van der Waals surface area contributed by atoms with Gasteiger partial charge in [0.25, 0.3) is 0 Å². The predicted molar refractivity (Wildman–Crippen MR) is 121 cm³/mol. The number of halogens is 1. The largest absolute Gasteiger partial charge is 0.462 e. The molecule has 0 aliphatic heterocycles. The molecule has 1 aromatic carbocycles. The first-order valence-electron chi connectivity index (χ1n) is 8.67. The smallest absolute Gasteiger partial charge is 0.338 e. The molecule has 27 heavy (non-hydrogen) atoms. The normalized spacial score (nSPS) is 10.9. The van der Waals surface area contributed by atoms with E-state index in [1.807, 2.05) is 19.1 Å². The van der Waals surface area contributed by atoms with Gasteiger partial charge in [0.1, 0.15) is 0 Å². The molecule has 0 saturated carbocycles. The minimum Gasteiger partial charge on any atom is -0.462 e. The van der Waals surface area contributed by atoms with Crippen LogP contribution in [0.2, 0.25) is 0 Å². The van der Waals surface area contributed by atoms with Gasteiger partial charge in [-0.2, -0.15) is 0 Å². The van der Waals surface area contributed by atoms with E-state index in [0.29, 0.717) is 18.7 Å². The maximum atomic E-state index is 11.7. The van der Waals surface area contributed by atoms with E-state index in [4.69, 9.17) is 4.74 Å². The Morgan fingerprint density at radius 1 is 1.22 bits per heavy atom. The number of ether oxygens (including phenoxy) is 1. The van der Waals surface area contributed by atoms with Crippen molar-refractivity contribution in [2.75, 3.05) is 20.2 Å². The predicted octanol–water partition coefficient (Wildman–Crippen LogP) is 3.46. The van der Waals surface area contributed by atoms with E-state index in [1.54, 1.807) is 37.4 Å². The zero-order chi connectivity index (χ0) is 18.9. The van der Waals surface area contributed by atoms with E-state index >= 15 is 0 Å². The van der Waals surface area contributed by atoms with Crippen LogP contribution in [0.3, 0.4) is 0 Å². The van der Waals surface area contributed by atoms with Gasteiger partial charge in [0.2, 0.25) is 0 Å². The quantitative estimate of drug-likeness (QED) is 0.263. The number of aryl methyl sites for hydroxylation is 2. The molecule has 0 saturated heterocycles. The molecule has 0 unspecified atom stereocenters. The summed E-state index contributed by atoms with van der Waals surface area (Å²) in [6.45, 7) is 7.70. The Hall–Kier alpha value is -1.68. The van der Waals surface area contributed by atoms with Gasteiger partial charge in [-0.15, -0.1) is 35.3 Å². The van der Waals surface area contributed by atoms with Gasteiger partial charge >= 0.3 is 5.97 Å². The average molecular weight is 502 g/mol. The molecule has 8 heteroatoms. The van der Waals surface area contributed by atoms with Crippen LogP contribution in [0, 0.1) is 13.8 Å². The minimum absolute atomic E-state index is 0. The lowest BCUT2D eigenvalue weighted by Gasteiger charge is -2.11. The number of thiazole rings is 1. The molecule has 0 spiro atoms. The number of hydrogen-bond acceptors (Lipinski definition) is 5. The van der Waals surface area contributed by atoms with Crippen molar-refractivity contribution in [3.05, 3.63) is 51.0 Å². The third-order valence-corrected chi connectivity index (χ3v) is 4.99. The molecule has 0 amide bonds. The number of benzene rings is 1. The summed E-state index contributed by atoms with van der Waals surface area (Å²) in [7, 11) is 1.75. The van der Waals surface area contributed by atoms with Gasteiger partial charge in [0.05, 0.1) is 22.9 Å². The SMILES string of the molecule is CCOC(=O)c1ccc(CNC(=NC)NCCc2nc(C)c(C)s2)cc1.I. The monoisotopic (exact) mass is 502 g/mol. The summed E-state index contributed by atoms with van der Waals surface area (Å²) in [4.78, 5) is 21.7. The molecule has 6 nitrogen and oxygen atoms in total. The summed E-state index contributed by atoms with van der Waals surface area (Å²) in [5.41, 5.74) is 2.73. The Kier molecular flexibility index (Phi) is 10.3. The number of aliphatic imine (C=N–C) groups is 1. The number of nitrogens with one attached hydrogen (secondary N) is 2. The van der Waals surface area contributed by atoms with Crippen molar-refractivity contribution in [1.82, 2.24) is 15.6 Å². The molecule has 2 N–H and O–H groups in total. The van der Waals surface area contributed by atoms with E-state index in [-0.39, 0.29) is 29.9 Å². The van der Waals surface area contributed by atoms with Crippen molar-refractivity contribution >= 4 is 47.2 Å². The van der Waals surface area contributed by atoms with Gasteiger partial charge in [-0.25, -0.2) is 9.78 Å². The standard InChI is InChI=1S/C19H26N4O2S.HI/c1-5-25-18(24)16-8-6-15(7-9-16)12-22-19(20-4)21-11-10-17-23-13(2)14(3)26-17;/h6-9H,5,10-12H2,1-4H3,(H2,20,21,22);1H. The highest BCUT2D eigenvalue weighted by Crippen LogP contribution is 2.16. The Morgan fingerprint density at radius 3 is 2.48 bits per heavy atom. The first-order chi connectivity index (χ1) is 12.5. The van der Waals surface area contributed by atoms with Gasteiger partial charge in [-0.3, -0.25) is 4.99 Å². The summed E-state index contributed by atoms with van der Waals surface area (Å²) in [5, 5.41) is 7.70. The Labute approximate surface area is 181 Å². The highest BCUT2D eigenvalue weighted by Gasteiger charge is 2.06. The van der Waals surface area contributed by atoms with Crippen LogP contribution in [0.1, 0.15) is 38.4 Å². The summed E-state index contributed by atoms with van der Waals surface area (Å²) in [5.74, 6) is 0.446. The van der Waals surface area contributed by atoms with E-state index in [1.165, 1.54) is 4.88 Å². The van der Waals surface area contributed by atoms with Crippen LogP contribution in [-0.2, 0) is 17.7 Å². The third kappa shape index (κ3) is 7.45. The first-order valence-corrected chi connectivity index (χ1v) is 9.48. The summed E-state index contributed by atoms with van der Waals surface area (Å²) in [6, 6.07) is 7.37. The molecule has 1 aromatic heterocycles. The molecular formula is C19H27IN4O2S. The van der Waals surface area contributed by atoms with Crippen LogP contribution < -0.4 is 10.6 Å². The first kappa shape index (κ1) is 23.4. The molecule has 0 bridgehead atoms. The fourth-order valence-corrected chi connectivity index (χ4v) is 3.25. The molecular weight excluding hydrogens is 475 g/mol. The summed E-state index contributed by atoms with van der Waals surface area (Å²) in [6.07, 6.45) is 0.869. The molecule has 0 radical (unpaired) electrons. The second-order valence-electron chi connectivity index (χ2n) is 5.77. The number of guanidine groups is 1. The topological polar surface area (TPSA) is 75.6 Å². The van der Waals surface area contributed by atoms with E-state index in [2.05, 4.69) is 27.5 Å². The number of aromatic nitrogens is 1. The third-order valence-electron chi connectivity index (χ3n) is 3.85. The summed E-state index contributed by atoms with van der Waals surface area (Å²) < 4.78 is 4.99. The molecule has 148 valence electrons. The van der Waals surface area contributed by atoms with Gasteiger partial charge in [-0.05, 0) is 38.5 Å². The molecule has 1 heterocycles. The van der Waals surface area contributed by atoms with Crippen molar-refractivity contribution in [3.63, 3.8) is 0 Å². The molecule has 0 atom stereocenters. The fraction of sp³-hybridized carbons (Fsp3) is 0.421. The zero-order valence-electron chi connectivity index (χ0n) is 16.2. The van der Waals surface area contributed by atoms with Gasteiger partial charge in [-0.1, -0.05) is 12.1 Å². The second kappa shape index (κ2) is 11.9. The van der Waals surface area contributed by atoms with Crippen LogP contribution >= 0.6 is 35.3 Å². The highest BCUT2D eigenvalue weighted by atomic mass is 127. The second-order valence-corrected chi connectivity index (χ2v) is 7.06. The molecule has 2 aromatic rings. The average Bonchev–Trinajstić information content (AvgIpc) is 2.96. The number of carbonyl (C=O) groups is 1. The Balaban J connectivity index is 0.00000364. The van der Waals surface area contributed by atoms with Gasteiger partial charge < -0.3 is 15.4 Å². The molecule has 0 fully saturated rings. The number of esters is 1. The Morgan fingerprint density at radius 2 is 1.93 bits per heavy atom. The molecule has 0 aliphatic carbocycles. The van der Waals surface area contributed by atoms with Crippen molar-refractivity contribution in [1.29, 1.82) is 0 Å². The van der Waals surface area contributed by atoms with Gasteiger partial charge in [0.15, 0.2) is 5.96 Å². The van der Waals surface area contributed by atoms with Crippen LogP contribution in [0.4, 0.5) is 0 Å². The number of nitrogens with zero attached hydrogens (tertiary/aromatic N) is 2. The number of carbonyl (C=O) groups excluding carboxylic acids is 1. The lowest BCUT2D eigenvalue weighted by Crippen LogP contribution is -2.37. The van der Waals surface area contributed by atoms with Crippen LogP contribution in [0.25, 0.3) is 0 Å². The van der Waals surface area contributed by atoms with Gasteiger partial charge in [0, 0.05) is 31.4 Å². The van der Waals surface area contributed by atoms with E-state index in [9.17, 15) is 4.79 Å². The lowest BCUT2D eigenvalue weighted by atomic mass is 10.1. The van der Waals surface area contributed by atoms with Crippen LogP contribution in [-0.4, -0.2) is 37.1 Å². The highest BCUT2D eigenvalue weighted by molar-refractivity contribution is 14.0. The molecule has 2 rings (SSSR count). The van der Waals surface area contributed by atoms with Crippen molar-refractivity contribution in [2.45, 2.75) is 33.7 Å². The van der Waals surface area contributed by atoms with Crippen LogP contribution in [0.15, 0.2) is 29.3 Å². The number of hydrogen-bond donors (Lipinski definition) is 2. The fourth-order valence-electron chi connectivity index (χ4n) is 2.31. The summed E-state index contributed by atoms with van der Waals surface area (Å²) >= 11 is 1.74. The Bertz CT molecular complexity index is 740. The molecule has 0 aliphatic rings. The van der Waals surface area contributed by atoms with E-state index < -0.39 is 0 Å². The van der Waals surface area contributed by atoms with Crippen molar-refractivity contribution < 1.29 is 9.53 Å². The lowest BCUT2D eigenvalue weighted by molar-refractivity contribution is 0.0526. The maximum Gasteiger partial charge on any atom is 0.338 e. The minimum atomic E-state index is -0.294. The maximum absolute atomic E-state index is 11.7. The van der Waals surface area contributed by atoms with E-state index in [0.717, 1.165) is 35.2 Å². The van der Waals surface area contributed by atoms with Crippen LogP contribution in [0.5, 0.6) is 0 Å². The number of rotatable bonds is 7. The van der Waals surface area contributed by atoms with Crippen molar-refractivity contribution in [3.8, 4) is 0 Å². The van der Waals surface area contributed by atoms with Crippen molar-refractivity contribution in [2.24, 2.45) is 4.99 Å².